The van der Waals surface area contributed by atoms with Gasteiger partial charge in [-0.2, -0.15) is 13.2 Å². The number of pyridine rings is 1. The minimum Gasteiger partial charge on any atom is -0.468 e. The second-order valence-corrected chi connectivity index (χ2v) is 6.85. The van der Waals surface area contributed by atoms with Crippen molar-refractivity contribution in [1.82, 2.24) is 4.98 Å². The van der Waals surface area contributed by atoms with Gasteiger partial charge < -0.3 is 10.1 Å². The maximum Gasteiger partial charge on any atom is 0.417 e. The fraction of sp³-hybridized carbons (Fsp3) is 0.188. The average Bonchev–Trinajstić information content (AvgIpc) is 2.61. The first-order chi connectivity index (χ1) is 12.6. The number of hydrogen-bond donors (Lipinski definition) is 1. The van der Waals surface area contributed by atoms with Crippen LogP contribution in [0.25, 0.3) is 0 Å². The number of rotatable bonds is 5. The van der Waals surface area contributed by atoms with E-state index in [2.05, 4.69) is 15.0 Å². The summed E-state index contributed by atoms with van der Waals surface area (Å²) >= 11 is 12.4. The van der Waals surface area contributed by atoms with E-state index in [-0.39, 0.29) is 21.5 Å². The van der Waals surface area contributed by atoms with Gasteiger partial charge in [0.15, 0.2) is 0 Å². The van der Waals surface area contributed by atoms with E-state index in [1.165, 1.54) is 18.2 Å². The third-order valence-corrected chi connectivity index (χ3v) is 4.62. The van der Waals surface area contributed by atoms with Crippen LogP contribution in [0.5, 0.6) is 0 Å². The van der Waals surface area contributed by atoms with Crippen LogP contribution < -0.4 is 5.32 Å². The smallest absolute Gasteiger partial charge is 0.417 e. The Morgan fingerprint density at radius 2 is 1.96 bits per heavy atom. The molecule has 0 aliphatic heterocycles. The summed E-state index contributed by atoms with van der Waals surface area (Å²) in [5.41, 5.74) is -1.77. The SMILES string of the molecule is COC(=O)CSc1cc(C(F)(F)F)c(C(=O)Nc2ccc(Cl)cc2Cl)cn1. The Morgan fingerprint density at radius 3 is 2.56 bits per heavy atom. The minimum atomic E-state index is -4.81. The van der Waals surface area contributed by atoms with E-state index in [1.54, 1.807) is 0 Å². The summed E-state index contributed by atoms with van der Waals surface area (Å²) in [5, 5.41) is 2.60. The fourth-order valence-electron chi connectivity index (χ4n) is 1.90. The van der Waals surface area contributed by atoms with Gasteiger partial charge in [-0.15, -0.1) is 0 Å². The lowest BCUT2D eigenvalue weighted by Crippen LogP contribution is -2.19. The second-order valence-electron chi connectivity index (χ2n) is 5.01. The van der Waals surface area contributed by atoms with Crippen molar-refractivity contribution in [2.24, 2.45) is 0 Å². The normalized spacial score (nSPS) is 11.2. The highest BCUT2D eigenvalue weighted by molar-refractivity contribution is 7.99. The number of amides is 1. The average molecular weight is 439 g/mol. The number of carbonyl (C=O) groups excluding carboxylic acids is 2. The molecule has 0 aliphatic carbocycles. The van der Waals surface area contributed by atoms with Gasteiger partial charge >= 0.3 is 12.1 Å². The molecular formula is C16H11Cl2F3N2O3S. The number of thioether (sulfide) groups is 1. The van der Waals surface area contributed by atoms with Crippen molar-refractivity contribution < 1.29 is 27.5 Å². The number of nitrogens with zero attached hydrogens (tertiary/aromatic N) is 1. The lowest BCUT2D eigenvalue weighted by molar-refractivity contribution is -0.138. The number of ether oxygens (including phenoxy) is 1. The van der Waals surface area contributed by atoms with Gasteiger partial charge in [-0.3, -0.25) is 9.59 Å². The highest BCUT2D eigenvalue weighted by atomic mass is 35.5. The van der Waals surface area contributed by atoms with E-state index < -0.39 is 29.2 Å². The Bertz CT molecular complexity index is 878. The number of alkyl halides is 3. The summed E-state index contributed by atoms with van der Waals surface area (Å²) in [7, 11) is 1.16. The summed E-state index contributed by atoms with van der Waals surface area (Å²) in [6, 6.07) is 4.84. The quantitative estimate of drug-likeness (QED) is 0.529. The zero-order chi connectivity index (χ0) is 20.2. The lowest BCUT2D eigenvalue weighted by atomic mass is 10.1. The number of aromatic nitrogens is 1. The molecule has 0 bridgehead atoms. The van der Waals surface area contributed by atoms with Crippen molar-refractivity contribution in [3.05, 3.63) is 51.6 Å². The number of hydrogen-bond acceptors (Lipinski definition) is 5. The molecule has 0 spiro atoms. The molecule has 0 atom stereocenters. The van der Waals surface area contributed by atoms with Crippen LogP contribution in [0, 0.1) is 0 Å². The van der Waals surface area contributed by atoms with E-state index in [1.807, 2.05) is 0 Å². The van der Waals surface area contributed by atoms with Crippen LogP contribution in [-0.4, -0.2) is 29.7 Å². The second kappa shape index (κ2) is 8.81. The van der Waals surface area contributed by atoms with Gasteiger partial charge in [0.2, 0.25) is 0 Å². The Kier molecular flexibility index (Phi) is 6.96. The van der Waals surface area contributed by atoms with Crippen molar-refractivity contribution >= 4 is 52.5 Å². The number of halogens is 5. The molecule has 2 rings (SSSR count). The van der Waals surface area contributed by atoms with Crippen LogP contribution >= 0.6 is 35.0 Å². The van der Waals surface area contributed by atoms with Crippen LogP contribution in [0.1, 0.15) is 15.9 Å². The van der Waals surface area contributed by atoms with Crippen LogP contribution in [0.15, 0.2) is 35.5 Å². The van der Waals surface area contributed by atoms with Gasteiger partial charge in [-0.1, -0.05) is 35.0 Å². The summed E-state index contributed by atoms with van der Waals surface area (Å²) < 4.78 is 44.5. The van der Waals surface area contributed by atoms with Gasteiger partial charge in [0.25, 0.3) is 5.91 Å². The van der Waals surface area contributed by atoms with Crippen molar-refractivity contribution in [2.75, 3.05) is 18.2 Å². The van der Waals surface area contributed by atoms with E-state index >= 15 is 0 Å². The molecule has 0 radical (unpaired) electrons. The van der Waals surface area contributed by atoms with Gasteiger partial charge in [0.1, 0.15) is 0 Å². The standard InChI is InChI=1S/C16H11Cl2F3N2O3S/c1-26-14(24)7-27-13-5-10(16(19,20)21)9(6-22-13)15(25)23-12-3-2-8(17)4-11(12)18/h2-6H,7H2,1H3,(H,23,25). The summed E-state index contributed by atoms with van der Waals surface area (Å²) in [5.74, 6) is -1.87. The molecule has 11 heteroatoms. The first-order valence-electron chi connectivity index (χ1n) is 7.15. The van der Waals surface area contributed by atoms with E-state index in [4.69, 9.17) is 23.2 Å². The third kappa shape index (κ3) is 5.75. The van der Waals surface area contributed by atoms with Gasteiger partial charge in [0.05, 0.1) is 39.7 Å². The molecule has 144 valence electrons. The van der Waals surface area contributed by atoms with Crippen LogP contribution in [0.2, 0.25) is 10.0 Å². The molecule has 1 N–H and O–H groups in total. The monoisotopic (exact) mass is 438 g/mol. The maximum absolute atomic E-state index is 13.4. The molecule has 2 aromatic rings. The zero-order valence-electron chi connectivity index (χ0n) is 13.6. The summed E-state index contributed by atoms with van der Waals surface area (Å²) in [6.45, 7) is 0. The maximum atomic E-state index is 13.4. The molecular weight excluding hydrogens is 428 g/mol. The Hall–Kier alpha value is -1.97. The largest absolute Gasteiger partial charge is 0.468 e. The zero-order valence-corrected chi connectivity index (χ0v) is 15.9. The topological polar surface area (TPSA) is 68.3 Å². The Labute approximate surface area is 166 Å². The number of benzene rings is 1. The third-order valence-electron chi connectivity index (χ3n) is 3.17. The van der Waals surface area contributed by atoms with Crippen LogP contribution in [0.4, 0.5) is 18.9 Å². The fourth-order valence-corrected chi connectivity index (χ4v) is 3.07. The molecule has 5 nitrogen and oxygen atoms in total. The van der Waals surface area contributed by atoms with Gasteiger partial charge in [0, 0.05) is 11.2 Å². The summed E-state index contributed by atoms with van der Waals surface area (Å²) in [6.07, 6.45) is -4.01. The molecule has 0 aliphatic rings. The van der Waals surface area contributed by atoms with E-state index in [0.29, 0.717) is 11.1 Å². The minimum absolute atomic E-state index is 0.0719. The van der Waals surface area contributed by atoms with Crippen molar-refractivity contribution in [2.45, 2.75) is 11.2 Å². The molecule has 27 heavy (non-hydrogen) atoms. The highest BCUT2D eigenvalue weighted by Crippen LogP contribution is 2.35. The van der Waals surface area contributed by atoms with Gasteiger partial charge in [-0.25, -0.2) is 4.98 Å². The Morgan fingerprint density at radius 1 is 1.26 bits per heavy atom. The van der Waals surface area contributed by atoms with Crippen LogP contribution in [-0.2, 0) is 15.7 Å². The number of esters is 1. The highest BCUT2D eigenvalue weighted by Gasteiger charge is 2.36. The number of anilines is 1. The molecule has 1 aromatic carbocycles. The molecule has 1 heterocycles. The van der Waals surface area contributed by atoms with Crippen molar-refractivity contribution in [3.63, 3.8) is 0 Å². The first kappa shape index (κ1) is 21.3. The first-order valence-corrected chi connectivity index (χ1v) is 8.89. The van der Waals surface area contributed by atoms with E-state index in [9.17, 15) is 22.8 Å². The number of methoxy groups -OCH3 is 1. The van der Waals surface area contributed by atoms with Crippen molar-refractivity contribution in [1.29, 1.82) is 0 Å². The van der Waals surface area contributed by atoms with Crippen molar-refractivity contribution in [3.8, 4) is 0 Å². The molecule has 0 saturated heterocycles. The molecule has 0 fully saturated rings. The Balaban J connectivity index is 2.31. The molecule has 1 aromatic heterocycles. The number of carbonyl (C=O) groups is 2. The molecule has 1 amide bonds. The predicted octanol–water partition coefficient (Wildman–Crippen LogP) is 4.92. The lowest BCUT2D eigenvalue weighted by Gasteiger charge is -2.14. The van der Waals surface area contributed by atoms with Crippen LogP contribution in [0.3, 0.4) is 0 Å². The molecule has 0 unspecified atom stereocenters. The molecule has 0 saturated carbocycles. The predicted molar refractivity (Wildman–Crippen MR) is 96.4 cm³/mol. The summed E-state index contributed by atoms with van der Waals surface area (Å²) in [4.78, 5) is 27.2. The van der Waals surface area contributed by atoms with Gasteiger partial charge in [-0.05, 0) is 24.3 Å². The van der Waals surface area contributed by atoms with E-state index in [0.717, 1.165) is 25.1 Å². The number of nitrogens with one attached hydrogen (secondary N) is 1.